The molecule has 0 fully saturated rings. The molecule has 0 unspecified atom stereocenters. The number of hydrogen-bond acceptors (Lipinski definition) is 3. The van der Waals surface area contributed by atoms with Crippen molar-refractivity contribution < 1.29 is 4.65 Å². The van der Waals surface area contributed by atoms with Crippen molar-refractivity contribution in [3.8, 4) is 0 Å². The first-order chi connectivity index (χ1) is 7.35. The molecule has 0 radical (unpaired) electrons. The summed E-state index contributed by atoms with van der Waals surface area (Å²) >= 11 is 3.95. The minimum atomic E-state index is 0.378. The Morgan fingerprint density at radius 2 is 1.40 bits per heavy atom. The molecule has 0 aromatic heterocycles. The number of hydrogen-bond donors (Lipinski definition) is 0. The summed E-state index contributed by atoms with van der Waals surface area (Å²) < 4.78 is 5.81. The summed E-state index contributed by atoms with van der Waals surface area (Å²) in [4.78, 5) is 0. The van der Waals surface area contributed by atoms with Crippen molar-refractivity contribution >= 4 is 28.7 Å². The van der Waals surface area contributed by atoms with E-state index < -0.39 is 0 Å². The van der Waals surface area contributed by atoms with Crippen LogP contribution in [-0.2, 0) is 4.65 Å². The number of rotatable bonds is 11. The molecule has 0 rings (SSSR count). The third-order valence-corrected chi connectivity index (χ3v) is 4.64. The second-order valence-electron chi connectivity index (χ2n) is 3.61. The molecule has 4 heteroatoms. The minimum Gasteiger partial charge on any atom is -0.417 e. The normalized spacial score (nSPS) is 10.6. The summed E-state index contributed by atoms with van der Waals surface area (Å²) in [6.07, 6.45) is 6.31. The lowest BCUT2D eigenvalue weighted by Gasteiger charge is -2.12. The van der Waals surface area contributed by atoms with Crippen molar-refractivity contribution in [3.05, 3.63) is 0 Å². The molecule has 15 heavy (non-hydrogen) atoms. The molecular formula is C11H25BOS2. The van der Waals surface area contributed by atoms with Gasteiger partial charge in [0.05, 0.1) is 0 Å². The Bertz CT molecular complexity index is 115. The van der Waals surface area contributed by atoms with Gasteiger partial charge in [0.15, 0.2) is 0 Å². The Kier molecular flexibility index (Phi) is 13.4. The molecule has 0 amide bonds. The van der Waals surface area contributed by atoms with E-state index in [-0.39, 0.29) is 0 Å². The summed E-state index contributed by atoms with van der Waals surface area (Å²) in [5, 5.41) is 0. The van der Waals surface area contributed by atoms with Crippen molar-refractivity contribution in [1.29, 1.82) is 0 Å². The van der Waals surface area contributed by atoms with Crippen LogP contribution in [0.3, 0.4) is 0 Å². The van der Waals surface area contributed by atoms with Crippen LogP contribution in [0.4, 0.5) is 0 Å². The third kappa shape index (κ3) is 11.0. The van der Waals surface area contributed by atoms with Gasteiger partial charge in [-0.05, 0) is 30.8 Å². The first-order valence-electron chi connectivity index (χ1n) is 6.19. The van der Waals surface area contributed by atoms with Crippen molar-refractivity contribution in [2.75, 3.05) is 18.1 Å². The van der Waals surface area contributed by atoms with Crippen molar-refractivity contribution in [2.24, 2.45) is 0 Å². The Morgan fingerprint density at radius 1 is 0.867 bits per heavy atom. The van der Waals surface area contributed by atoms with Gasteiger partial charge < -0.3 is 4.65 Å². The molecule has 0 aliphatic rings. The van der Waals surface area contributed by atoms with E-state index in [1.54, 1.807) is 0 Å². The van der Waals surface area contributed by atoms with Crippen LogP contribution in [0.25, 0.3) is 0 Å². The van der Waals surface area contributed by atoms with Crippen LogP contribution in [0.2, 0.25) is 0 Å². The Labute approximate surface area is 104 Å². The SMILES string of the molecule is CCCCSB(OCCC)SCCCC. The first-order valence-corrected chi connectivity index (χ1v) is 8.29. The van der Waals surface area contributed by atoms with Gasteiger partial charge in [-0.2, -0.15) is 23.2 Å². The zero-order valence-electron chi connectivity index (χ0n) is 10.5. The van der Waals surface area contributed by atoms with Gasteiger partial charge in [-0.3, -0.25) is 0 Å². The Hall–Kier alpha value is 0.725. The molecule has 0 spiro atoms. The van der Waals surface area contributed by atoms with Gasteiger partial charge in [0.25, 0.3) is 0 Å². The van der Waals surface area contributed by atoms with Crippen LogP contribution < -0.4 is 0 Å². The highest BCUT2D eigenvalue weighted by atomic mass is 32.2. The van der Waals surface area contributed by atoms with Gasteiger partial charge in [-0.1, -0.05) is 33.6 Å². The monoisotopic (exact) mass is 248 g/mol. The zero-order valence-corrected chi connectivity index (χ0v) is 12.1. The Balaban J connectivity index is 3.53. The first kappa shape index (κ1) is 15.7. The van der Waals surface area contributed by atoms with Gasteiger partial charge >= 0.3 is 5.47 Å². The maximum atomic E-state index is 5.81. The molecule has 1 nitrogen and oxygen atoms in total. The summed E-state index contributed by atoms with van der Waals surface area (Å²) in [6, 6.07) is 0. The predicted molar refractivity (Wildman–Crippen MR) is 76.7 cm³/mol. The quantitative estimate of drug-likeness (QED) is 0.394. The van der Waals surface area contributed by atoms with E-state index >= 15 is 0 Å². The topological polar surface area (TPSA) is 9.23 Å². The van der Waals surface area contributed by atoms with Crippen molar-refractivity contribution in [3.63, 3.8) is 0 Å². The molecule has 0 bridgehead atoms. The van der Waals surface area contributed by atoms with E-state index in [0.29, 0.717) is 5.47 Å². The lowest BCUT2D eigenvalue weighted by atomic mass is 10.4. The zero-order chi connectivity index (χ0) is 11.4. The highest BCUT2D eigenvalue weighted by Crippen LogP contribution is 2.22. The summed E-state index contributed by atoms with van der Waals surface area (Å²) in [6.45, 7) is 7.56. The molecule has 90 valence electrons. The van der Waals surface area contributed by atoms with Crippen LogP contribution in [0.1, 0.15) is 52.9 Å². The fourth-order valence-electron chi connectivity index (χ4n) is 1.01. The van der Waals surface area contributed by atoms with Crippen LogP contribution in [0.15, 0.2) is 0 Å². The second-order valence-corrected chi connectivity index (χ2v) is 6.25. The van der Waals surface area contributed by atoms with Crippen molar-refractivity contribution in [2.45, 2.75) is 52.9 Å². The van der Waals surface area contributed by atoms with Crippen LogP contribution >= 0.6 is 23.2 Å². The third-order valence-electron chi connectivity index (χ3n) is 1.96. The van der Waals surface area contributed by atoms with Gasteiger partial charge in [0, 0.05) is 6.61 Å². The highest BCUT2D eigenvalue weighted by molar-refractivity contribution is 8.53. The molecule has 0 atom stereocenters. The van der Waals surface area contributed by atoms with Crippen LogP contribution in [-0.4, -0.2) is 23.6 Å². The van der Waals surface area contributed by atoms with Gasteiger partial charge in [0.2, 0.25) is 0 Å². The minimum absolute atomic E-state index is 0.378. The second kappa shape index (κ2) is 12.8. The Morgan fingerprint density at radius 3 is 1.80 bits per heavy atom. The lowest BCUT2D eigenvalue weighted by molar-refractivity contribution is 0.342. The van der Waals surface area contributed by atoms with E-state index in [2.05, 4.69) is 20.8 Å². The maximum Gasteiger partial charge on any atom is 0.432 e. The van der Waals surface area contributed by atoms with E-state index in [1.807, 2.05) is 23.2 Å². The molecular weight excluding hydrogens is 223 g/mol. The molecule has 0 aromatic carbocycles. The lowest BCUT2D eigenvalue weighted by Crippen LogP contribution is -2.12. The van der Waals surface area contributed by atoms with Crippen molar-refractivity contribution in [1.82, 2.24) is 0 Å². The fraction of sp³-hybridized carbons (Fsp3) is 1.00. The molecule has 0 aliphatic carbocycles. The summed E-state index contributed by atoms with van der Waals surface area (Å²) in [5.41, 5.74) is 0.378. The summed E-state index contributed by atoms with van der Waals surface area (Å²) in [7, 11) is 0. The molecule has 0 N–H and O–H groups in total. The molecule has 0 saturated carbocycles. The summed E-state index contributed by atoms with van der Waals surface area (Å²) in [5.74, 6) is 2.48. The predicted octanol–water partition coefficient (Wildman–Crippen LogP) is 4.46. The maximum absolute atomic E-state index is 5.81. The molecule has 0 saturated heterocycles. The highest BCUT2D eigenvalue weighted by Gasteiger charge is 2.16. The van der Waals surface area contributed by atoms with E-state index in [4.69, 9.17) is 4.65 Å². The van der Waals surface area contributed by atoms with Crippen LogP contribution in [0.5, 0.6) is 0 Å². The fourth-order valence-corrected chi connectivity index (χ4v) is 3.65. The molecule has 0 aromatic rings. The molecule has 0 aliphatic heterocycles. The number of unbranched alkanes of at least 4 members (excludes halogenated alkanes) is 2. The van der Waals surface area contributed by atoms with E-state index in [1.165, 1.54) is 37.2 Å². The van der Waals surface area contributed by atoms with Gasteiger partial charge in [-0.15, -0.1) is 0 Å². The van der Waals surface area contributed by atoms with E-state index in [9.17, 15) is 0 Å². The average molecular weight is 248 g/mol. The largest absolute Gasteiger partial charge is 0.432 e. The average Bonchev–Trinajstić information content (AvgIpc) is 2.25. The van der Waals surface area contributed by atoms with Gasteiger partial charge in [-0.25, -0.2) is 0 Å². The van der Waals surface area contributed by atoms with Crippen LogP contribution in [0, 0.1) is 0 Å². The standard InChI is InChI=1S/C11H25BOS2/c1-4-7-10-14-12(13-9-6-3)15-11-8-5-2/h4-11H2,1-3H3. The molecule has 0 heterocycles. The van der Waals surface area contributed by atoms with Gasteiger partial charge in [0.1, 0.15) is 0 Å². The van der Waals surface area contributed by atoms with E-state index in [0.717, 1.165) is 13.0 Å². The smallest absolute Gasteiger partial charge is 0.417 e.